The van der Waals surface area contributed by atoms with Crippen LogP contribution in [-0.4, -0.2) is 30.2 Å². The average Bonchev–Trinajstić information content (AvgIpc) is 2.64. The van der Waals surface area contributed by atoms with Gasteiger partial charge in [-0.2, -0.15) is 5.10 Å². The van der Waals surface area contributed by atoms with E-state index in [0.29, 0.717) is 5.56 Å². The van der Waals surface area contributed by atoms with Crippen molar-refractivity contribution >= 4 is 12.0 Å². The van der Waals surface area contributed by atoms with E-state index in [1.807, 2.05) is 57.1 Å². The highest BCUT2D eigenvalue weighted by molar-refractivity contribution is 5.78. The number of aldehydes is 1. The van der Waals surface area contributed by atoms with Crippen molar-refractivity contribution < 1.29 is 4.79 Å². The van der Waals surface area contributed by atoms with Crippen LogP contribution in [0.5, 0.6) is 0 Å². The molecule has 2 rings (SSSR count). The third-order valence-electron chi connectivity index (χ3n) is 3.08. The van der Waals surface area contributed by atoms with Crippen molar-refractivity contribution in [1.82, 2.24) is 9.78 Å². The Kier molecular flexibility index (Phi) is 3.19. The molecule has 0 radical (unpaired) electrons. The van der Waals surface area contributed by atoms with Crippen LogP contribution in [0.1, 0.15) is 21.7 Å². The first-order valence-electron chi connectivity index (χ1n) is 5.83. The molecule has 4 heteroatoms. The lowest BCUT2D eigenvalue weighted by atomic mass is 10.2. The summed E-state index contributed by atoms with van der Waals surface area (Å²) in [4.78, 5) is 13.0. The van der Waals surface area contributed by atoms with Gasteiger partial charge in [-0.3, -0.25) is 4.79 Å². The van der Waals surface area contributed by atoms with Crippen LogP contribution in [-0.2, 0) is 0 Å². The van der Waals surface area contributed by atoms with E-state index in [4.69, 9.17) is 0 Å². The fourth-order valence-corrected chi connectivity index (χ4v) is 1.97. The van der Waals surface area contributed by atoms with Gasteiger partial charge < -0.3 is 4.90 Å². The fraction of sp³-hybridized carbons (Fsp3) is 0.286. The van der Waals surface area contributed by atoms with E-state index in [2.05, 4.69) is 5.10 Å². The molecule has 1 aromatic carbocycles. The molecule has 18 heavy (non-hydrogen) atoms. The lowest BCUT2D eigenvalue weighted by Crippen LogP contribution is -2.08. The van der Waals surface area contributed by atoms with E-state index in [9.17, 15) is 4.79 Å². The number of nitrogens with zero attached hydrogens (tertiary/aromatic N) is 3. The number of carbonyl (C=O) groups excluding carboxylic acids is 1. The lowest BCUT2D eigenvalue weighted by molar-refractivity contribution is 0.112. The summed E-state index contributed by atoms with van der Waals surface area (Å²) in [6, 6.07) is 8.07. The van der Waals surface area contributed by atoms with Crippen molar-refractivity contribution in [2.75, 3.05) is 19.0 Å². The second-order valence-corrected chi connectivity index (χ2v) is 4.52. The molecule has 0 aliphatic rings. The molecule has 0 fully saturated rings. The highest BCUT2D eigenvalue weighted by Gasteiger charge is 2.11. The maximum absolute atomic E-state index is 11.0. The summed E-state index contributed by atoms with van der Waals surface area (Å²) in [6.07, 6.45) is 0.863. The molecular formula is C14H17N3O. The number of hydrogen-bond acceptors (Lipinski definition) is 3. The summed E-state index contributed by atoms with van der Waals surface area (Å²) >= 11 is 0. The van der Waals surface area contributed by atoms with Crippen molar-refractivity contribution in [2.24, 2.45) is 0 Å². The van der Waals surface area contributed by atoms with Crippen molar-refractivity contribution in [2.45, 2.75) is 13.8 Å². The van der Waals surface area contributed by atoms with E-state index < -0.39 is 0 Å². The quantitative estimate of drug-likeness (QED) is 0.777. The third kappa shape index (κ3) is 2.01. The van der Waals surface area contributed by atoms with E-state index in [0.717, 1.165) is 29.0 Å². The molecule has 0 aliphatic heterocycles. The number of rotatable bonds is 3. The van der Waals surface area contributed by atoms with Gasteiger partial charge in [-0.25, -0.2) is 4.68 Å². The highest BCUT2D eigenvalue weighted by Crippen LogP contribution is 2.19. The largest absolute Gasteiger partial charge is 0.378 e. The fourth-order valence-electron chi connectivity index (χ4n) is 1.97. The Bertz CT molecular complexity index is 567. The molecule has 0 atom stereocenters. The number of carbonyl (C=O) groups is 1. The molecule has 94 valence electrons. The van der Waals surface area contributed by atoms with Gasteiger partial charge in [0.15, 0.2) is 6.29 Å². The second kappa shape index (κ2) is 4.64. The van der Waals surface area contributed by atoms with Crippen LogP contribution >= 0.6 is 0 Å². The predicted molar refractivity (Wildman–Crippen MR) is 72.8 cm³/mol. The minimum absolute atomic E-state index is 0.673. The Labute approximate surface area is 107 Å². The van der Waals surface area contributed by atoms with Gasteiger partial charge in [-0.1, -0.05) is 0 Å². The van der Waals surface area contributed by atoms with Crippen LogP contribution in [0.15, 0.2) is 24.3 Å². The summed E-state index contributed by atoms with van der Waals surface area (Å²) in [7, 11) is 4.01. The minimum Gasteiger partial charge on any atom is -0.378 e. The Morgan fingerprint density at radius 1 is 1.17 bits per heavy atom. The van der Waals surface area contributed by atoms with Crippen LogP contribution in [0, 0.1) is 13.8 Å². The van der Waals surface area contributed by atoms with Gasteiger partial charge in [0.2, 0.25) is 0 Å². The van der Waals surface area contributed by atoms with Crippen LogP contribution in [0.2, 0.25) is 0 Å². The smallest absolute Gasteiger partial charge is 0.153 e. The molecule has 1 heterocycles. The van der Waals surface area contributed by atoms with E-state index in [1.54, 1.807) is 4.68 Å². The molecule has 0 unspecified atom stereocenters. The van der Waals surface area contributed by atoms with Gasteiger partial charge in [0, 0.05) is 19.8 Å². The summed E-state index contributed by atoms with van der Waals surface area (Å²) < 4.78 is 1.80. The van der Waals surface area contributed by atoms with Crippen LogP contribution < -0.4 is 4.90 Å². The molecule has 1 aromatic heterocycles. The van der Waals surface area contributed by atoms with Gasteiger partial charge in [-0.05, 0) is 38.1 Å². The summed E-state index contributed by atoms with van der Waals surface area (Å²) in [6.45, 7) is 3.75. The van der Waals surface area contributed by atoms with Gasteiger partial charge >= 0.3 is 0 Å². The first-order chi connectivity index (χ1) is 8.54. The maximum Gasteiger partial charge on any atom is 0.153 e. The number of anilines is 1. The van der Waals surface area contributed by atoms with Crippen molar-refractivity contribution in [1.29, 1.82) is 0 Å². The number of aromatic nitrogens is 2. The van der Waals surface area contributed by atoms with Crippen LogP contribution in [0.4, 0.5) is 5.69 Å². The molecule has 4 nitrogen and oxygen atoms in total. The van der Waals surface area contributed by atoms with Gasteiger partial charge in [-0.15, -0.1) is 0 Å². The van der Waals surface area contributed by atoms with Crippen molar-refractivity contribution in [3.63, 3.8) is 0 Å². The van der Waals surface area contributed by atoms with E-state index >= 15 is 0 Å². The Balaban J connectivity index is 2.46. The molecule has 0 saturated carbocycles. The molecular weight excluding hydrogens is 226 g/mol. The predicted octanol–water partition coefficient (Wildman–Crippen LogP) is 2.37. The first kappa shape index (κ1) is 12.4. The number of aryl methyl sites for hydroxylation is 1. The average molecular weight is 243 g/mol. The van der Waals surface area contributed by atoms with Crippen LogP contribution in [0.25, 0.3) is 5.69 Å². The normalized spacial score (nSPS) is 10.4. The Hall–Kier alpha value is -2.10. The molecule has 0 amide bonds. The van der Waals surface area contributed by atoms with Crippen molar-refractivity contribution in [3.8, 4) is 5.69 Å². The molecule has 0 bridgehead atoms. The van der Waals surface area contributed by atoms with Gasteiger partial charge in [0.1, 0.15) is 0 Å². The second-order valence-electron chi connectivity index (χ2n) is 4.52. The topological polar surface area (TPSA) is 38.1 Å². The SMILES string of the molecule is Cc1nn(-c2ccc(N(C)C)cc2)c(C)c1C=O. The highest BCUT2D eigenvalue weighted by atomic mass is 16.1. The molecule has 0 saturated heterocycles. The van der Waals surface area contributed by atoms with Crippen LogP contribution in [0.3, 0.4) is 0 Å². The molecule has 0 N–H and O–H groups in total. The number of benzene rings is 1. The van der Waals surface area contributed by atoms with Crippen molar-refractivity contribution in [3.05, 3.63) is 41.2 Å². The minimum atomic E-state index is 0.673. The summed E-state index contributed by atoms with van der Waals surface area (Å²) in [5.74, 6) is 0. The standard InChI is InChI=1S/C14H17N3O/c1-10-14(9-18)11(2)17(15-10)13-7-5-12(6-8-13)16(3)4/h5-9H,1-4H3. The third-order valence-corrected chi connectivity index (χ3v) is 3.08. The molecule has 2 aromatic rings. The zero-order chi connectivity index (χ0) is 13.3. The first-order valence-corrected chi connectivity index (χ1v) is 5.83. The Morgan fingerprint density at radius 2 is 1.78 bits per heavy atom. The van der Waals surface area contributed by atoms with E-state index in [1.165, 1.54) is 0 Å². The van der Waals surface area contributed by atoms with Gasteiger partial charge in [0.05, 0.1) is 22.6 Å². The van der Waals surface area contributed by atoms with Gasteiger partial charge in [0.25, 0.3) is 0 Å². The zero-order valence-corrected chi connectivity index (χ0v) is 11.1. The monoisotopic (exact) mass is 243 g/mol. The summed E-state index contributed by atoms with van der Waals surface area (Å²) in [5.41, 5.74) is 4.41. The molecule has 0 spiro atoms. The van der Waals surface area contributed by atoms with E-state index in [-0.39, 0.29) is 0 Å². The summed E-state index contributed by atoms with van der Waals surface area (Å²) in [5, 5.41) is 4.40. The lowest BCUT2D eigenvalue weighted by Gasteiger charge is -2.13. The zero-order valence-electron chi connectivity index (χ0n) is 11.1. The number of hydrogen-bond donors (Lipinski definition) is 0. The maximum atomic E-state index is 11.0. The Morgan fingerprint density at radius 3 is 2.22 bits per heavy atom. The molecule has 0 aliphatic carbocycles.